The van der Waals surface area contributed by atoms with Crippen molar-refractivity contribution in [1.29, 1.82) is 0 Å². The van der Waals surface area contributed by atoms with Crippen LogP contribution in [0.2, 0.25) is 0 Å². The summed E-state index contributed by atoms with van der Waals surface area (Å²) in [4.78, 5) is 0.282. The summed E-state index contributed by atoms with van der Waals surface area (Å²) in [6, 6.07) is 4.86. The van der Waals surface area contributed by atoms with Crippen LogP contribution in [0, 0.1) is 0 Å². The highest BCUT2D eigenvalue weighted by Crippen LogP contribution is 2.22. The molecule has 0 aliphatic heterocycles. The third kappa shape index (κ3) is 5.50. The van der Waals surface area contributed by atoms with Crippen LogP contribution in [0.1, 0.15) is 18.9 Å². The molecule has 7 heteroatoms. The molecular formula is C14H24N2O3S2. The van der Waals surface area contributed by atoms with E-state index >= 15 is 0 Å². The number of nitrogens with one attached hydrogen (secondary N) is 1. The first-order chi connectivity index (χ1) is 9.94. The van der Waals surface area contributed by atoms with E-state index in [0.717, 1.165) is 12.2 Å². The minimum atomic E-state index is -3.54. The maximum absolute atomic E-state index is 12.5. The molecule has 1 rings (SSSR count). The summed E-state index contributed by atoms with van der Waals surface area (Å²) >= 11 is 1.70. The Morgan fingerprint density at radius 2 is 2.14 bits per heavy atom. The lowest BCUT2D eigenvalue weighted by atomic mass is 10.1. The normalized spacial score (nSPS) is 13.1. The molecule has 0 fully saturated rings. The molecule has 0 heterocycles. The van der Waals surface area contributed by atoms with Crippen molar-refractivity contribution in [2.45, 2.75) is 30.7 Å². The Balaban J connectivity index is 3.01. The van der Waals surface area contributed by atoms with Crippen LogP contribution < -0.4 is 15.2 Å². The molecule has 0 aliphatic rings. The van der Waals surface area contributed by atoms with Crippen LogP contribution in [-0.2, 0) is 16.4 Å². The van der Waals surface area contributed by atoms with Crippen molar-refractivity contribution in [2.24, 2.45) is 5.73 Å². The van der Waals surface area contributed by atoms with Crippen LogP contribution in [0.5, 0.6) is 5.75 Å². The van der Waals surface area contributed by atoms with Crippen LogP contribution in [0.15, 0.2) is 23.1 Å². The van der Waals surface area contributed by atoms with E-state index in [0.29, 0.717) is 24.3 Å². The van der Waals surface area contributed by atoms with Crippen molar-refractivity contribution in [3.05, 3.63) is 23.8 Å². The van der Waals surface area contributed by atoms with E-state index in [1.165, 1.54) is 0 Å². The largest absolute Gasteiger partial charge is 0.497 e. The zero-order valence-corrected chi connectivity index (χ0v) is 14.4. The van der Waals surface area contributed by atoms with Gasteiger partial charge >= 0.3 is 0 Å². The average Bonchev–Trinajstić information content (AvgIpc) is 2.44. The van der Waals surface area contributed by atoms with Gasteiger partial charge in [0.25, 0.3) is 0 Å². The van der Waals surface area contributed by atoms with Crippen LogP contribution in [0.4, 0.5) is 0 Å². The number of benzene rings is 1. The minimum Gasteiger partial charge on any atom is -0.497 e. The van der Waals surface area contributed by atoms with Crippen molar-refractivity contribution in [1.82, 2.24) is 4.72 Å². The summed E-state index contributed by atoms with van der Waals surface area (Å²) in [6.45, 7) is 2.26. The smallest absolute Gasteiger partial charge is 0.241 e. The molecule has 1 aromatic carbocycles. The Bertz CT molecular complexity index is 547. The van der Waals surface area contributed by atoms with Gasteiger partial charge in [-0.2, -0.15) is 11.8 Å². The maximum atomic E-state index is 12.5. The van der Waals surface area contributed by atoms with E-state index in [1.807, 2.05) is 13.2 Å². The molecule has 0 saturated heterocycles. The third-order valence-electron chi connectivity index (χ3n) is 3.08. The Morgan fingerprint density at radius 1 is 1.43 bits per heavy atom. The predicted octanol–water partition coefficient (Wildman–Crippen LogP) is 1.62. The van der Waals surface area contributed by atoms with E-state index in [1.54, 1.807) is 37.1 Å². The lowest BCUT2D eigenvalue weighted by Crippen LogP contribution is -2.33. The second kappa shape index (κ2) is 8.63. The highest BCUT2D eigenvalue weighted by molar-refractivity contribution is 7.98. The molecular weight excluding hydrogens is 308 g/mol. The fourth-order valence-corrected chi connectivity index (χ4v) is 4.09. The van der Waals surface area contributed by atoms with Gasteiger partial charge < -0.3 is 10.5 Å². The van der Waals surface area contributed by atoms with Gasteiger partial charge in [0.15, 0.2) is 0 Å². The Labute approximate surface area is 131 Å². The maximum Gasteiger partial charge on any atom is 0.241 e. The number of methoxy groups -OCH3 is 1. The van der Waals surface area contributed by atoms with Crippen LogP contribution >= 0.6 is 11.8 Å². The number of ether oxygens (including phenoxy) is 1. The van der Waals surface area contributed by atoms with E-state index in [-0.39, 0.29) is 10.9 Å². The van der Waals surface area contributed by atoms with Gasteiger partial charge in [-0.1, -0.05) is 0 Å². The summed E-state index contributed by atoms with van der Waals surface area (Å²) in [6.07, 6.45) is 3.29. The molecule has 3 N–H and O–H groups in total. The molecule has 0 radical (unpaired) electrons. The molecule has 0 amide bonds. The quantitative estimate of drug-likeness (QED) is 0.718. The van der Waals surface area contributed by atoms with Gasteiger partial charge in [0.05, 0.1) is 12.0 Å². The topological polar surface area (TPSA) is 81.4 Å². The van der Waals surface area contributed by atoms with Crippen molar-refractivity contribution < 1.29 is 13.2 Å². The SMILES string of the molecule is COc1ccc(S(=O)(=O)NC(C)CCSC)c(CCN)c1. The number of nitrogens with two attached hydrogens (primary N) is 1. The second-order valence-electron chi connectivity index (χ2n) is 4.82. The molecule has 0 aromatic heterocycles. The van der Waals surface area contributed by atoms with Gasteiger partial charge in [-0.05, 0) is 62.1 Å². The number of hydrogen-bond donors (Lipinski definition) is 2. The molecule has 0 aliphatic carbocycles. The standard InChI is InChI=1S/C14H24N2O3S2/c1-11(7-9-20-3)16-21(17,18)14-5-4-13(19-2)10-12(14)6-8-15/h4-5,10-11,16H,6-9,15H2,1-3H3. The zero-order valence-electron chi connectivity index (χ0n) is 12.8. The lowest BCUT2D eigenvalue weighted by Gasteiger charge is -2.16. The molecule has 1 aromatic rings. The summed E-state index contributed by atoms with van der Waals surface area (Å²) in [5.41, 5.74) is 6.25. The molecule has 120 valence electrons. The summed E-state index contributed by atoms with van der Waals surface area (Å²) in [7, 11) is -1.98. The second-order valence-corrected chi connectivity index (χ2v) is 7.48. The molecule has 0 saturated carbocycles. The monoisotopic (exact) mass is 332 g/mol. The first-order valence-electron chi connectivity index (χ1n) is 6.82. The Hall–Kier alpha value is -0.760. The van der Waals surface area contributed by atoms with Gasteiger partial charge in [0.1, 0.15) is 5.75 Å². The van der Waals surface area contributed by atoms with Crippen molar-refractivity contribution in [3.63, 3.8) is 0 Å². The van der Waals surface area contributed by atoms with E-state index in [9.17, 15) is 8.42 Å². The van der Waals surface area contributed by atoms with Crippen molar-refractivity contribution >= 4 is 21.8 Å². The Kier molecular flexibility index (Phi) is 7.51. The van der Waals surface area contributed by atoms with Gasteiger partial charge in [0, 0.05) is 6.04 Å². The fourth-order valence-electron chi connectivity index (χ4n) is 1.98. The fraction of sp³-hybridized carbons (Fsp3) is 0.571. The molecule has 0 bridgehead atoms. The molecule has 1 unspecified atom stereocenters. The summed E-state index contributed by atoms with van der Waals surface area (Å²) in [5, 5.41) is 0. The highest BCUT2D eigenvalue weighted by atomic mass is 32.2. The molecule has 0 spiro atoms. The molecule has 21 heavy (non-hydrogen) atoms. The van der Waals surface area contributed by atoms with Gasteiger partial charge in [-0.15, -0.1) is 0 Å². The number of rotatable bonds is 9. The first-order valence-corrected chi connectivity index (χ1v) is 9.70. The highest BCUT2D eigenvalue weighted by Gasteiger charge is 2.21. The minimum absolute atomic E-state index is 0.102. The molecule has 5 nitrogen and oxygen atoms in total. The van der Waals surface area contributed by atoms with Gasteiger partial charge in [-0.3, -0.25) is 0 Å². The van der Waals surface area contributed by atoms with E-state index in [2.05, 4.69) is 4.72 Å². The molecule has 1 atom stereocenters. The van der Waals surface area contributed by atoms with Crippen LogP contribution in [0.3, 0.4) is 0 Å². The van der Waals surface area contributed by atoms with Crippen LogP contribution in [-0.4, -0.2) is 40.1 Å². The van der Waals surface area contributed by atoms with Crippen LogP contribution in [0.25, 0.3) is 0 Å². The van der Waals surface area contributed by atoms with Gasteiger partial charge in [-0.25, -0.2) is 13.1 Å². The number of sulfonamides is 1. The van der Waals surface area contributed by atoms with Gasteiger partial charge in [0.2, 0.25) is 10.0 Å². The summed E-state index contributed by atoms with van der Waals surface area (Å²) < 4.78 is 32.9. The Morgan fingerprint density at radius 3 is 2.71 bits per heavy atom. The van der Waals surface area contributed by atoms with Crippen molar-refractivity contribution in [3.8, 4) is 5.75 Å². The van der Waals surface area contributed by atoms with Crippen molar-refractivity contribution in [2.75, 3.05) is 25.7 Å². The summed E-state index contributed by atoms with van der Waals surface area (Å²) in [5.74, 6) is 1.55. The first kappa shape index (κ1) is 18.3. The lowest BCUT2D eigenvalue weighted by molar-refractivity contribution is 0.413. The third-order valence-corrected chi connectivity index (χ3v) is 5.42. The van der Waals surface area contributed by atoms with E-state index < -0.39 is 10.0 Å². The zero-order chi connectivity index (χ0) is 15.9. The number of thioether (sulfide) groups is 1. The average molecular weight is 332 g/mol. The van der Waals surface area contributed by atoms with E-state index in [4.69, 9.17) is 10.5 Å². The number of hydrogen-bond acceptors (Lipinski definition) is 5. The predicted molar refractivity (Wildman–Crippen MR) is 88.5 cm³/mol.